The quantitative estimate of drug-likeness (QED) is 0.0675. The number of nitrogens with zero attached hydrogens (tertiary/aromatic N) is 1. The first kappa shape index (κ1) is 49.8. The Balaban J connectivity index is 2.21. The fraction of sp³-hybridized carbons (Fsp3) is 0.950. The molecule has 17 nitrogen and oxygen atoms in total. The van der Waals surface area contributed by atoms with Crippen LogP contribution in [0.25, 0.3) is 0 Å². The Morgan fingerprint density at radius 2 is 1.58 bits per heavy atom. The van der Waals surface area contributed by atoms with Crippen LogP contribution in [0, 0.1) is 23.7 Å². The minimum absolute atomic E-state index is 0.0323. The van der Waals surface area contributed by atoms with Gasteiger partial charge in [-0.25, -0.2) is 0 Å². The molecular weight excluding hydrogens is 748 g/mol. The van der Waals surface area contributed by atoms with Crippen LogP contribution in [0.2, 0.25) is 0 Å². The number of likely N-dealkylation sites (N-methyl/N-ethyl adjacent to an activating group) is 1. The minimum Gasteiger partial charge on any atom is -0.459 e. The van der Waals surface area contributed by atoms with E-state index >= 15 is 0 Å². The van der Waals surface area contributed by atoms with Gasteiger partial charge in [-0.2, -0.15) is 0 Å². The number of hydrogen-bond donors (Lipinski definition) is 6. The molecule has 3 heterocycles. The Bertz CT molecular complexity index is 1270. The molecule has 17 heteroatoms. The SMILES string of the molecule is CC[C@H]1OC(=O)[C@H](C)[C@@H](OC2C[C@@](C)(OC)[C@@H](O)[C@H](C)O2)[C@H](C)[C@@H](OC2O[C@H](C)C[C@H](NC)[C@H]2O)[C@](C)(O)C[C@@H](C)C(=NOCOCCOC)[C@H](C)[C@@H](O)[C@]1(C)O. The number of cyclic esters (lactones) is 1. The fourth-order valence-electron chi connectivity index (χ4n) is 8.73. The first-order valence-corrected chi connectivity index (χ1v) is 20.4. The molecule has 3 rings (SSSR count). The number of hydrogen-bond acceptors (Lipinski definition) is 17. The molecule has 57 heavy (non-hydrogen) atoms. The smallest absolute Gasteiger partial charge is 0.311 e. The first-order chi connectivity index (χ1) is 26.6. The molecule has 3 saturated heterocycles. The Labute approximate surface area is 339 Å². The van der Waals surface area contributed by atoms with Crippen LogP contribution in [0.5, 0.6) is 0 Å². The van der Waals surface area contributed by atoms with Crippen LogP contribution in [0.3, 0.4) is 0 Å². The zero-order chi connectivity index (χ0) is 43.0. The largest absolute Gasteiger partial charge is 0.459 e. The summed E-state index contributed by atoms with van der Waals surface area (Å²) in [6.07, 6.45) is -9.54. The van der Waals surface area contributed by atoms with E-state index in [0.717, 1.165) is 0 Å². The van der Waals surface area contributed by atoms with Crippen LogP contribution in [0.4, 0.5) is 0 Å². The molecule has 0 aromatic carbocycles. The van der Waals surface area contributed by atoms with E-state index in [1.807, 2.05) is 6.92 Å². The van der Waals surface area contributed by atoms with Crippen molar-refractivity contribution in [2.75, 3.05) is 41.3 Å². The third kappa shape index (κ3) is 12.0. The van der Waals surface area contributed by atoms with Crippen molar-refractivity contribution in [3.8, 4) is 0 Å². The summed E-state index contributed by atoms with van der Waals surface area (Å²) in [4.78, 5) is 19.8. The summed E-state index contributed by atoms with van der Waals surface area (Å²) >= 11 is 0. The number of aliphatic hydroxyl groups excluding tert-OH is 3. The van der Waals surface area contributed by atoms with Gasteiger partial charge in [0.15, 0.2) is 12.6 Å². The Hall–Kier alpha value is -1.58. The van der Waals surface area contributed by atoms with E-state index in [9.17, 15) is 30.3 Å². The van der Waals surface area contributed by atoms with E-state index in [1.165, 1.54) is 14.0 Å². The lowest BCUT2D eigenvalue weighted by molar-refractivity contribution is -0.315. The van der Waals surface area contributed by atoms with E-state index in [2.05, 4.69) is 10.5 Å². The fourth-order valence-corrected chi connectivity index (χ4v) is 8.73. The second-order valence-electron chi connectivity index (χ2n) is 17.1. The third-order valence-corrected chi connectivity index (χ3v) is 12.3. The lowest BCUT2D eigenvalue weighted by atomic mass is 9.73. The Kier molecular flexibility index (Phi) is 18.6. The monoisotopic (exact) mass is 823 g/mol. The summed E-state index contributed by atoms with van der Waals surface area (Å²) in [7, 11) is 4.77. The standard InChI is InChI=1S/C40H74N2O15/c1-14-28-40(10,48)33(44)23(4)30(42-52-20-51-16-15-49-12)21(2)18-38(8,47)35(57-37-31(43)27(41-11)17-22(3)53-37)24(5)32(25(6)36(46)55-28)56-29-19-39(9,50-13)34(45)26(7)54-29/h21-29,31-35,37,41,43-45,47-48H,14-20H2,1-13H3/t21-,22-,23+,24+,25-,26+,27+,28-,29?,31-,32+,33-,34+,35-,37?,38-,39-,40-/m1/s1. The highest BCUT2D eigenvalue weighted by molar-refractivity contribution is 5.88. The average Bonchev–Trinajstić information content (AvgIpc) is 3.15. The molecule has 0 spiro atoms. The number of carbonyl (C=O) groups excluding carboxylic acids is 1. The van der Waals surface area contributed by atoms with Gasteiger partial charge < -0.3 is 73.6 Å². The van der Waals surface area contributed by atoms with Gasteiger partial charge in [0.2, 0.25) is 6.79 Å². The van der Waals surface area contributed by atoms with Crippen molar-refractivity contribution < 1.29 is 73.1 Å². The number of rotatable bonds is 13. The maximum atomic E-state index is 14.3. The molecule has 0 saturated carbocycles. The van der Waals surface area contributed by atoms with E-state index < -0.39 is 102 Å². The molecule has 0 aliphatic carbocycles. The van der Waals surface area contributed by atoms with Gasteiger partial charge in [-0.3, -0.25) is 4.79 Å². The number of carbonyl (C=O) groups is 1. The Morgan fingerprint density at radius 3 is 2.18 bits per heavy atom. The van der Waals surface area contributed by atoms with Crippen LogP contribution >= 0.6 is 0 Å². The maximum Gasteiger partial charge on any atom is 0.311 e. The molecule has 0 radical (unpaired) electrons. The number of ether oxygens (including phenoxy) is 8. The van der Waals surface area contributed by atoms with Crippen molar-refractivity contribution in [2.45, 2.75) is 179 Å². The van der Waals surface area contributed by atoms with Crippen molar-refractivity contribution in [3.05, 3.63) is 0 Å². The lowest BCUT2D eigenvalue weighted by Crippen LogP contribution is -2.61. The molecule has 3 aliphatic rings. The van der Waals surface area contributed by atoms with Gasteiger partial charge in [0.1, 0.15) is 23.9 Å². The number of esters is 1. The van der Waals surface area contributed by atoms with Crippen molar-refractivity contribution in [3.63, 3.8) is 0 Å². The summed E-state index contributed by atoms with van der Waals surface area (Å²) in [6, 6.07) is -0.379. The summed E-state index contributed by atoms with van der Waals surface area (Å²) in [6.45, 7) is 17.2. The van der Waals surface area contributed by atoms with E-state index in [0.29, 0.717) is 18.7 Å². The number of oxime groups is 1. The molecule has 2 unspecified atom stereocenters. The minimum atomic E-state index is -1.97. The molecule has 0 amide bonds. The summed E-state index contributed by atoms with van der Waals surface area (Å²) in [5, 5.41) is 66.4. The van der Waals surface area contributed by atoms with Crippen LogP contribution in [0.1, 0.15) is 94.9 Å². The molecule has 0 aromatic rings. The van der Waals surface area contributed by atoms with Crippen LogP contribution in [-0.4, -0.2) is 163 Å². The van der Waals surface area contributed by atoms with Gasteiger partial charge in [0.25, 0.3) is 0 Å². The van der Waals surface area contributed by atoms with E-state index in [1.54, 1.807) is 69.5 Å². The first-order valence-electron chi connectivity index (χ1n) is 20.4. The van der Waals surface area contributed by atoms with E-state index in [4.69, 9.17) is 42.7 Å². The normalized spacial score (nSPS) is 46.3. The summed E-state index contributed by atoms with van der Waals surface area (Å²) in [5.41, 5.74) is -4.49. The molecule has 0 aromatic heterocycles. The molecule has 0 bridgehead atoms. The van der Waals surface area contributed by atoms with Crippen LogP contribution < -0.4 is 5.32 Å². The molecule has 6 N–H and O–H groups in total. The van der Waals surface area contributed by atoms with E-state index in [-0.39, 0.29) is 44.8 Å². The molecular formula is C40H74N2O15. The second kappa shape index (κ2) is 21.3. The van der Waals surface area contributed by atoms with Crippen molar-refractivity contribution in [1.82, 2.24) is 5.32 Å². The molecule has 3 aliphatic heterocycles. The van der Waals surface area contributed by atoms with Gasteiger partial charge in [-0.1, -0.05) is 32.9 Å². The number of nitrogens with one attached hydrogen (secondary N) is 1. The molecule has 18 atom stereocenters. The highest BCUT2D eigenvalue weighted by atomic mass is 16.7. The lowest BCUT2D eigenvalue weighted by Gasteiger charge is -2.49. The molecule has 334 valence electrons. The predicted molar refractivity (Wildman–Crippen MR) is 208 cm³/mol. The second-order valence-corrected chi connectivity index (χ2v) is 17.1. The highest BCUT2D eigenvalue weighted by Gasteiger charge is 2.53. The topological polar surface area (TPSA) is 226 Å². The van der Waals surface area contributed by atoms with Gasteiger partial charge in [-0.05, 0) is 67.9 Å². The van der Waals surface area contributed by atoms with Crippen molar-refractivity contribution >= 4 is 11.7 Å². The van der Waals surface area contributed by atoms with Gasteiger partial charge in [0.05, 0.1) is 66.6 Å². The number of methoxy groups -OCH3 is 2. The Morgan fingerprint density at radius 1 is 0.912 bits per heavy atom. The van der Waals surface area contributed by atoms with Gasteiger partial charge >= 0.3 is 5.97 Å². The van der Waals surface area contributed by atoms with Crippen LogP contribution in [0.15, 0.2) is 5.16 Å². The van der Waals surface area contributed by atoms with Crippen molar-refractivity contribution in [1.29, 1.82) is 0 Å². The summed E-state index contributed by atoms with van der Waals surface area (Å²) < 4.78 is 47.9. The highest BCUT2D eigenvalue weighted by Crippen LogP contribution is 2.41. The zero-order valence-corrected chi connectivity index (χ0v) is 36.4. The third-order valence-electron chi connectivity index (χ3n) is 12.3. The van der Waals surface area contributed by atoms with Gasteiger partial charge in [-0.15, -0.1) is 0 Å². The number of aliphatic hydroxyl groups is 5. The average molecular weight is 823 g/mol. The van der Waals surface area contributed by atoms with Crippen molar-refractivity contribution in [2.24, 2.45) is 28.8 Å². The molecule has 3 fully saturated rings. The zero-order valence-electron chi connectivity index (χ0n) is 36.4. The maximum absolute atomic E-state index is 14.3. The van der Waals surface area contributed by atoms with Crippen LogP contribution in [-0.2, 0) is 47.5 Å². The van der Waals surface area contributed by atoms with Gasteiger partial charge in [0, 0.05) is 44.4 Å². The summed E-state index contributed by atoms with van der Waals surface area (Å²) in [5.74, 6) is -4.14. The predicted octanol–water partition coefficient (Wildman–Crippen LogP) is 1.87.